The van der Waals surface area contributed by atoms with Gasteiger partial charge in [0, 0.05) is 11.7 Å². The first-order chi connectivity index (χ1) is 5.81. The zero-order chi connectivity index (χ0) is 10.6. The Hall–Kier alpha value is -0.710. The van der Waals surface area contributed by atoms with Crippen molar-refractivity contribution in [3.05, 3.63) is 0 Å². The molecule has 0 aromatic carbocycles. The Morgan fingerprint density at radius 2 is 1.92 bits per heavy atom. The van der Waals surface area contributed by atoms with Crippen LogP contribution in [0.4, 0.5) is 0 Å². The molecule has 4 nitrogen and oxygen atoms in total. The third-order valence-electron chi connectivity index (χ3n) is 1.82. The number of hydrogen-bond acceptors (Lipinski definition) is 3. The van der Waals surface area contributed by atoms with Crippen LogP contribution in [-0.4, -0.2) is 34.0 Å². The highest BCUT2D eigenvalue weighted by Gasteiger charge is 2.35. The Bertz CT molecular complexity index is 215. The van der Waals surface area contributed by atoms with Gasteiger partial charge in [0.05, 0.1) is 0 Å². The van der Waals surface area contributed by atoms with Crippen LogP contribution in [-0.2, 0) is 9.59 Å². The molecule has 0 bridgehead atoms. The number of carbonyl (C=O) groups excluding carboxylic acids is 1. The largest absolute Gasteiger partial charge is 0.480 e. The van der Waals surface area contributed by atoms with E-state index in [1.54, 1.807) is 13.8 Å². The summed E-state index contributed by atoms with van der Waals surface area (Å²) in [7, 11) is 0. The molecule has 0 aliphatic rings. The Kier molecular flexibility index (Phi) is 4.26. The Morgan fingerprint density at radius 3 is 2.15 bits per heavy atom. The first-order valence-corrected chi connectivity index (χ1v) is 5.08. The summed E-state index contributed by atoms with van der Waals surface area (Å²) in [6, 6.07) is -0.847. The maximum absolute atomic E-state index is 10.8. The molecule has 0 rings (SSSR count). The highest BCUT2D eigenvalue weighted by Crippen LogP contribution is 2.25. The minimum atomic E-state index is -1.01. The first kappa shape index (κ1) is 12.3. The quantitative estimate of drug-likeness (QED) is 0.709. The average Bonchev–Trinajstić information content (AvgIpc) is 1.99. The van der Waals surface area contributed by atoms with Gasteiger partial charge in [-0.05, 0) is 20.1 Å². The lowest BCUT2D eigenvalue weighted by Crippen LogP contribution is -2.51. The van der Waals surface area contributed by atoms with Crippen molar-refractivity contribution in [3.8, 4) is 0 Å². The number of carbonyl (C=O) groups is 2. The zero-order valence-corrected chi connectivity index (χ0v) is 9.07. The van der Waals surface area contributed by atoms with E-state index in [-0.39, 0.29) is 5.91 Å². The standard InChI is InChI=1S/C8H15NO3S/c1-5(10)9-6(7(11)12)8(2,3)13-4/h6H,1-4H3,(H,9,10)(H,11,12)/t6-/m0/s1. The monoisotopic (exact) mass is 205 g/mol. The van der Waals surface area contributed by atoms with Crippen molar-refractivity contribution >= 4 is 23.6 Å². The third kappa shape index (κ3) is 3.67. The van der Waals surface area contributed by atoms with Crippen LogP contribution < -0.4 is 5.32 Å². The molecule has 2 N–H and O–H groups in total. The molecule has 0 heterocycles. The molecular weight excluding hydrogens is 190 g/mol. The summed E-state index contributed by atoms with van der Waals surface area (Å²) < 4.78 is -0.502. The molecule has 13 heavy (non-hydrogen) atoms. The van der Waals surface area contributed by atoms with Gasteiger partial charge in [-0.25, -0.2) is 4.79 Å². The van der Waals surface area contributed by atoms with E-state index >= 15 is 0 Å². The number of amides is 1. The number of hydrogen-bond donors (Lipinski definition) is 2. The third-order valence-corrected chi connectivity index (χ3v) is 3.10. The van der Waals surface area contributed by atoms with E-state index in [1.807, 2.05) is 6.26 Å². The minimum absolute atomic E-state index is 0.325. The molecule has 0 saturated carbocycles. The van der Waals surface area contributed by atoms with Crippen LogP contribution in [0.5, 0.6) is 0 Å². The molecular formula is C8H15NO3S. The van der Waals surface area contributed by atoms with Crippen LogP contribution in [0.2, 0.25) is 0 Å². The first-order valence-electron chi connectivity index (χ1n) is 3.86. The van der Waals surface area contributed by atoms with Gasteiger partial charge in [-0.2, -0.15) is 11.8 Å². The number of rotatable bonds is 4. The summed E-state index contributed by atoms with van der Waals surface area (Å²) in [6.45, 7) is 4.88. The molecule has 0 saturated heterocycles. The molecule has 0 unspecified atom stereocenters. The summed E-state index contributed by atoms with van der Waals surface area (Å²) in [6.07, 6.45) is 1.82. The van der Waals surface area contributed by atoms with E-state index in [0.29, 0.717) is 0 Å². The van der Waals surface area contributed by atoms with Crippen molar-refractivity contribution in [1.82, 2.24) is 5.32 Å². The van der Waals surface area contributed by atoms with Crippen molar-refractivity contribution in [2.24, 2.45) is 0 Å². The van der Waals surface area contributed by atoms with Gasteiger partial charge >= 0.3 is 5.97 Å². The number of aliphatic carboxylic acids is 1. The van der Waals surface area contributed by atoms with E-state index in [1.165, 1.54) is 18.7 Å². The van der Waals surface area contributed by atoms with E-state index in [0.717, 1.165) is 0 Å². The summed E-state index contributed by atoms with van der Waals surface area (Å²) in [4.78, 5) is 21.5. The highest BCUT2D eigenvalue weighted by atomic mass is 32.2. The Balaban J connectivity index is 4.60. The van der Waals surface area contributed by atoms with Crippen molar-refractivity contribution in [3.63, 3.8) is 0 Å². The smallest absolute Gasteiger partial charge is 0.327 e. The molecule has 0 fully saturated rings. The van der Waals surface area contributed by atoms with Crippen LogP contribution in [0.25, 0.3) is 0 Å². The lowest BCUT2D eigenvalue weighted by Gasteiger charge is -2.29. The predicted octanol–water partition coefficient (Wildman–Crippen LogP) is 0.717. The van der Waals surface area contributed by atoms with E-state index < -0.39 is 16.8 Å². The van der Waals surface area contributed by atoms with Gasteiger partial charge in [0.1, 0.15) is 6.04 Å². The van der Waals surface area contributed by atoms with Crippen molar-refractivity contribution in [2.45, 2.75) is 31.6 Å². The van der Waals surface area contributed by atoms with Crippen LogP contribution in [0.1, 0.15) is 20.8 Å². The summed E-state index contributed by atoms with van der Waals surface area (Å²) in [5.74, 6) is -1.33. The molecule has 1 amide bonds. The topological polar surface area (TPSA) is 66.4 Å². The van der Waals surface area contributed by atoms with Gasteiger partial charge in [0.15, 0.2) is 0 Å². The second-order valence-electron chi connectivity index (χ2n) is 3.28. The van der Waals surface area contributed by atoms with Gasteiger partial charge in [0.25, 0.3) is 0 Å². The predicted molar refractivity (Wildman–Crippen MR) is 52.8 cm³/mol. The fourth-order valence-electron chi connectivity index (χ4n) is 0.854. The maximum atomic E-state index is 10.8. The summed E-state index contributed by atoms with van der Waals surface area (Å²) in [5.41, 5.74) is 0. The van der Waals surface area contributed by atoms with E-state index in [2.05, 4.69) is 5.32 Å². The fourth-order valence-corrected chi connectivity index (χ4v) is 1.25. The van der Waals surface area contributed by atoms with Gasteiger partial charge in [0.2, 0.25) is 5.91 Å². The molecule has 1 atom stereocenters. The van der Waals surface area contributed by atoms with Gasteiger partial charge in [-0.3, -0.25) is 4.79 Å². The van der Waals surface area contributed by atoms with Crippen molar-refractivity contribution in [2.75, 3.05) is 6.26 Å². The molecule has 5 heteroatoms. The Morgan fingerprint density at radius 1 is 1.46 bits per heavy atom. The lowest BCUT2D eigenvalue weighted by molar-refractivity contribution is -0.142. The summed E-state index contributed by atoms with van der Waals surface area (Å²) >= 11 is 1.41. The molecule has 0 aromatic heterocycles. The molecule has 76 valence electrons. The molecule has 0 aliphatic carbocycles. The van der Waals surface area contributed by atoms with E-state index in [4.69, 9.17) is 5.11 Å². The second-order valence-corrected chi connectivity index (χ2v) is 4.74. The molecule has 0 spiro atoms. The number of thioether (sulfide) groups is 1. The van der Waals surface area contributed by atoms with E-state index in [9.17, 15) is 9.59 Å². The molecule has 0 radical (unpaired) electrons. The Labute approximate surface area is 82.1 Å². The second kappa shape index (κ2) is 4.50. The van der Waals surface area contributed by atoms with Gasteiger partial charge < -0.3 is 10.4 Å². The SMILES string of the molecule is CSC(C)(C)[C@@H](NC(C)=O)C(=O)O. The highest BCUT2D eigenvalue weighted by molar-refractivity contribution is 8.00. The number of carboxylic acids is 1. The van der Waals surface area contributed by atoms with Gasteiger partial charge in [-0.15, -0.1) is 0 Å². The fraction of sp³-hybridized carbons (Fsp3) is 0.750. The van der Waals surface area contributed by atoms with Crippen molar-refractivity contribution in [1.29, 1.82) is 0 Å². The lowest BCUT2D eigenvalue weighted by atomic mass is 10.0. The van der Waals surface area contributed by atoms with Crippen LogP contribution in [0.15, 0.2) is 0 Å². The van der Waals surface area contributed by atoms with Crippen LogP contribution in [0, 0.1) is 0 Å². The molecule has 0 aromatic rings. The zero-order valence-electron chi connectivity index (χ0n) is 8.25. The summed E-state index contributed by atoms with van der Waals surface area (Å²) in [5, 5.41) is 11.3. The van der Waals surface area contributed by atoms with Gasteiger partial charge in [-0.1, -0.05) is 0 Å². The van der Waals surface area contributed by atoms with Crippen LogP contribution in [0.3, 0.4) is 0 Å². The van der Waals surface area contributed by atoms with Crippen LogP contribution >= 0.6 is 11.8 Å². The number of carboxylic acid groups (broad SMARTS) is 1. The maximum Gasteiger partial charge on any atom is 0.327 e. The minimum Gasteiger partial charge on any atom is -0.480 e. The normalized spacial score (nSPS) is 13.5. The average molecular weight is 205 g/mol. The van der Waals surface area contributed by atoms with Crippen molar-refractivity contribution < 1.29 is 14.7 Å². The number of nitrogens with one attached hydrogen (secondary N) is 1. The molecule has 0 aliphatic heterocycles.